The molecule has 3 aromatic carbocycles. The quantitative estimate of drug-likeness (QED) is 0.171. The Kier molecular flexibility index (Phi) is 10.4. The van der Waals surface area contributed by atoms with E-state index in [-0.39, 0.29) is 24.3 Å². The zero-order chi connectivity index (χ0) is 31.1. The lowest BCUT2D eigenvalue weighted by atomic mass is 9.93. The summed E-state index contributed by atoms with van der Waals surface area (Å²) < 4.78 is 22.5. The molecule has 0 bridgehead atoms. The number of carbonyl (C=O) groups excluding carboxylic acids is 2. The largest absolute Gasteiger partial charge is 0.493 e. The van der Waals surface area contributed by atoms with Crippen LogP contribution in [0.15, 0.2) is 71.3 Å². The first-order valence-corrected chi connectivity index (χ1v) is 14.2. The second-order valence-electron chi connectivity index (χ2n) is 9.53. The summed E-state index contributed by atoms with van der Waals surface area (Å²) in [6.45, 7) is 4.10. The van der Waals surface area contributed by atoms with Crippen molar-refractivity contribution in [3.8, 4) is 29.1 Å². The molecule has 0 radical (unpaired) electrons. The van der Waals surface area contributed by atoms with E-state index < -0.39 is 11.8 Å². The van der Waals surface area contributed by atoms with Gasteiger partial charge in [-0.2, -0.15) is 5.26 Å². The van der Waals surface area contributed by atoms with Gasteiger partial charge in [-0.25, -0.2) is 0 Å². The number of carbonyl (C=O) groups is 2. The van der Waals surface area contributed by atoms with Crippen LogP contribution in [0.3, 0.4) is 0 Å². The Morgan fingerprint density at radius 2 is 1.63 bits per heavy atom. The number of ether oxygens (including phenoxy) is 4. The number of imide groups is 1. The molecule has 3 aromatic rings. The lowest BCUT2D eigenvalue weighted by Crippen LogP contribution is -2.43. The maximum Gasteiger partial charge on any atom is 0.271 e. The van der Waals surface area contributed by atoms with E-state index in [2.05, 4.69) is 0 Å². The van der Waals surface area contributed by atoms with Crippen LogP contribution in [0.4, 0.5) is 0 Å². The second kappa shape index (κ2) is 14.1. The molecule has 0 atom stereocenters. The molecule has 2 amide bonds. The fourth-order valence-corrected chi connectivity index (χ4v) is 5.04. The lowest BCUT2D eigenvalue weighted by Gasteiger charge is -2.27. The number of nitriles is 1. The van der Waals surface area contributed by atoms with Crippen molar-refractivity contribution in [3.05, 3.63) is 98.1 Å². The number of halogens is 2. The summed E-state index contributed by atoms with van der Waals surface area (Å²) in [6.07, 6.45) is 2.01. The Balaban J connectivity index is 1.60. The van der Waals surface area contributed by atoms with Gasteiger partial charge in [0.2, 0.25) is 0 Å². The summed E-state index contributed by atoms with van der Waals surface area (Å²) in [5, 5.41) is 10.8. The smallest absolute Gasteiger partial charge is 0.271 e. The van der Waals surface area contributed by atoms with Crippen LogP contribution in [0.1, 0.15) is 30.5 Å². The Morgan fingerprint density at radius 1 is 0.884 bits per heavy atom. The first kappa shape index (κ1) is 31.5. The van der Waals surface area contributed by atoms with Gasteiger partial charge in [-0.1, -0.05) is 41.4 Å². The van der Waals surface area contributed by atoms with Crippen LogP contribution >= 0.6 is 23.2 Å². The third kappa shape index (κ3) is 7.14. The number of benzene rings is 3. The summed E-state index contributed by atoms with van der Waals surface area (Å²) in [5.74, 6) is 0.956. The van der Waals surface area contributed by atoms with E-state index in [0.717, 1.165) is 16.0 Å². The molecule has 0 N–H and O–H groups in total. The van der Waals surface area contributed by atoms with Crippen LogP contribution in [0, 0.1) is 11.3 Å². The summed E-state index contributed by atoms with van der Waals surface area (Å²) in [7, 11) is 3.08. The van der Waals surface area contributed by atoms with Crippen molar-refractivity contribution < 1.29 is 28.5 Å². The van der Waals surface area contributed by atoms with Crippen molar-refractivity contribution in [1.82, 2.24) is 4.90 Å². The normalized spacial score (nSPS) is 14.2. The summed E-state index contributed by atoms with van der Waals surface area (Å²) in [5.41, 5.74) is 2.71. The average molecular weight is 622 g/mol. The summed E-state index contributed by atoms with van der Waals surface area (Å²) in [4.78, 5) is 27.9. The van der Waals surface area contributed by atoms with Crippen LogP contribution in [-0.4, -0.2) is 44.1 Å². The van der Waals surface area contributed by atoms with E-state index in [9.17, 15) is 14.9 Å². The standard InChI is InChI=1S/C33H30Cl2N2O6/c1-5-42-31-16-22(7-11-29(31)43-19-23-8-9-24(34)17-27(23)35)14-25-20(2)26(18-36)33(39)37(32(25)38)13-12-21-6-10-28(40-3)30(15-21)41-4/h6-11,14-17H,5,12-13,19H2,1-4H3/b25-14+. The van der Waals surface area contributed by atoms with Gasteiger partial charge in [-0.15, -0.1) is 0 Å². The van der Waals surface area contributed by atoms with Gasteiger partial charge in [-0.3, -0.25) is 14.5 Å². The van der Waals surface area contributed by atoms with Crippen LogP contribution < -0.4 is 18.9 Å². The molecule has 43 heavy (non-hydrogen) atoms. The monoisotopic (exact) mass is 620 g/mol. The maximum absolute atomic E-state index is 13.6. The van der Waals surface area contributed by atoms with E-state index in [1.165, 1.54) is 7.11 Å². The number of nitrogens with zero attached hydrogens (tertiary/aromatic N) is 2. The SMILES string of the molecule is CCOc1cc(/C=C2/C(=O)N(CCc3ccc(OC)c(OC)c3)C(=O)C(C#N)=C2C)ccc1OCc1ccc(Cl)cc1Cl. The van der Waals surface area contributed by atoms with Gasteiger partial charge in [0.25, 0.3) is 11.8 Å². The van der Waals surface area contributed by atoms with Gasteiger partial charge in [0.05, 0.1) is 20.8 Å². The van der Waals surface area contributed by atoms with Gasteiger partial charge in [-0.05, 0) is 79.4 Å². The molecule has 0 unspecified atom stereocenters. The Morgan fingerprint density at radius 3 is 2.30 bits per heavy atom. The Labute approximate surface area is 260 Å². The van der Waals surface area contributed by atoms with E-state index in [1.54, 1.807) is 68.6 Å². The van der Waals surface area contributed by atoms with E-state index in [0.29, 0.717) is 57.2 Å². The topological polar surface area (TPSA) is 98.1 Å². The molecule has 0 aromatic heterocycles. The van der Waals surface area contributed by atoms with Crippen LogP contribution in [0.25, 0.3) is 6.08 Å². The zero-order valence-electron chi connectivity index (χ0n) is 24.2. The molecular weight excluding hydrogens is 591 g/mol. The number of rotatable bonds is 11. The molecule has 8 nitrogen and oxygen atoms in total. The molecule has 1 aliphatic rings. The fraction of sp³-hybridized carbons (Fsp3) is 0.242. The fourth-order valence-electron chi connectivity index (χ4n) is 4.57. The van der Waals surface area contributed by atoms with Gasteiger partial charge in [0, 0.05) is 27.7 Å². The second-order valence-corrected chi connectivity index (χ2v) is 10.4. The third-order valence-corrected chi connectivity index (χ3v) is 7.46. The number of hydrogen-bond acceptors (Lipinski definition) is 7. The van der Waals surface area contributed by atoms with Crippen molar-refractivity contribution >= 4 is 41.1 Å². The number of hydrogen-bond donors (Lipinski definition) is 0. The summed E-state index contributed by atoms with van der Waals surface area (Å²) in [6, 6.07) is 17.8. The maximum atomic E-state index is 13.6. The molecule has 1 heterocycles. The van der Waals surface area contributed by atoms with Crippen LogP contribution in [0.5, 0.6) is 23.0 Å². The lowest BCUT2D eigenvalue weighted by molar-refractivity contribution is -0.140. The first-order chi connectivity index (χ1) is 20.7. The number of amides is 2. The minimum atomic E-state index is -0.623. The predicted molar refractivity (Wildman–Crippen MR) is 165 cm³/mol. The van der Waals surface area contributed by atoms with Crippen molar-refractivity contribution in [2.24, 2.45) is 0 Å². The van der Waals surface area contributed by atoms with Crippen LogP contribution in [-0.2, 0) is 22.6 Å². The van der Waals surface area contributed by atoms with Crippen molar-refractivity contribution in [2.75, 3.05) is 27.4 Å². The average Bonchev–Trinajstić information content (AvgIpc) is 2.99. The van der Waals surface area contributed by atoms with Crippen LogP contribution in [0.2, 0.25) is 10.0 Å². The molecule has 0 fully saturated rings. The van der Waals surface area contributed by atoms with E-state index in [4.69, 9.17) is 42.1 Å². The molecule has 10 heteroatoms. The minimum Gasteiger partial charge on any atom is -0.493 e. The zero-order valence-corrected chi connectivity index (χ0v) is 25.7. The summed E-state index contributed by atoms with van der Waals surface area (Å²) >= 11 is 12.3. The third-order valence-electron chi connectivity index (χ3n) is 6.87. The molecule has 0 aliphatic carbocycles. The molecule has 0 spiro atoms. The highest BCUT2D eigenvalue weighted by Gasteiger charge is 2.35. The predicted octanol–water partition coefficient (Wildman–Crippen LogP) is 6.82. The van der Waals surface area contributed by atoms with Crippen molar-refractivity contribution in [2.45, 2.75) is 26.9 Å². The minimum absolute atomic E-state index is 0.0766. The van der Waals surface area contributed by atoms with Gasteiger partial charge < -0.3 is 18.9 Å². The molecular formula is C33H30Cl2N2O6. The highest BCUT2D eigenvalue weighted by atomic mass is 35.5. The first-order valence-electron chi connectivity index (χ1n) is 13.4. The van der Waals surface area contributed by atoms with Crippen molar-refractivity contribution in [1.29, 1.82) is 5.26 Å². The van der Waals surface area contributed by atoms with Gasteiger partial charge >= 0.3 is 0 Å². The molecule has 1 aliphatic heterocycles. The Bertz CT molecular complexity index is 1660. The molecule has 222 valence electrons. The number of methoxy groups -OCH3 is 2. The molecule has 0 saturated heterocycles. The highest BCUT2D eigenvalue weighted by molar-refractivity contribution is 6.35. The van der Waals surface area contributed by atoms with Gasteiger partial charge in [0.1, 0.15) is 18.2 Å². The van der Waals surface area contributed by atoms with E-state index >= 15 is 0 Å². The molecule has 0 saturated carbocycles. The highest BCUT2D eigenvalue weighted by Crippen LogP contribution is 2.34. The molecule has 4 rings (SSSR count). The van der Waals surface area contributed by atoms with Crippen molar-refractivity contribution in [3.63, 3.8) is 0 Å². The van der Waals surface area contributed by atoms with E-state index in [1.807, 2.05) is 19.1 Å². The Hall–Kier alpha value is -4.45. The van der Waals surface area contributed by atoms with Gasteiger partial charge in [0.15, 0.2) is 23.0 Å².